The minimum atomic E-state index is -0.262. The van der Waals surface area contributed by atoms with Crippen LogP contribution in [0.5, 0.6) is 0 Å². The van der Waals surface area contributed by atoms with Gasteiger partial charge >= 0.3 is 0 Å². The van der Waals surface area contributed by atoms with Gasteiger partial charge in [-0.05, 0) is 48.9 Å². The molecule has 2 atom stereocenters. The molecule has 0 spiro atoms. The Balaban J connectivity index is 1.51. The van der Waals surface area contributed by atoms with E-state index in [1.54, 1.807) is 0 Å². The van der Waals surface area contributed by atoms with Crippen LogP contribution in [0.25, 0.3) is 0 Å². The van der Waals surface area contributed by atoms with Crippen molar-refractivity contribution in [1.82, 2.24) is 10.2 Å². The Labute approximate surface area is 170 Å². The zero-order valence-corrected chi connectivity index (χ0v) is 16.6. The minimum Gasteiger partial charge on any atom is -0.345 e. The fraction of sp³-hybridized carbons (Fsp3) is 0.391. The zero-order chi connectivity index (χ0) is 19.5. The number of carbonyl (C=O) groups is 2. The van der Waals surface area contributed by atoms with E-state index in [0.29, 0.717) is 11.6 Å². The first-order valence-electron chi connectivity index (χ1n) is 10.0. The summed E-state index contributed by atoms with van der Waals surface area (Å²) in [7, 11) is 0. The van der Waals surface area contributed by atoms with Crippen molar-refractivity contribution < 1.29 is 9.59 Å². The number of piperidine rings is 1. The van der Waals surface area contributed by atoms with E-state index in [4.69, 9.17) is 11.6 Å². The van der Waals surface area contributed by atoms with Gasteiger partial charge in [-0.3, -0.25) is 9.59 Å². The Morgan fingerprint density at radius 1 is 0.964 bits per heavy atom. The SMILES string of the molecule is O=C(NC(c1ccccc1)c1cccc(Cl)c1)C1CCCN(C(=O)C2CC2)C1. The lowest BCUT2D eigenvalue weighted by Gasteiger charge is -2.33. The number of nitrogens with one attached hydrogen (secondary N) is 1. The lowest BCUT2D eigenvalue weighted by molar-refractivity contribution is -0.136. The van der Waals surface area contributed by atoms with Gasteiger partial charge in [0, 0.05) is 24.0 Å². The third kappa shape index (κ3) is 4.39. The van der Waals surface area contributed by atoms with Crippen LogP contribution >= 0.6 is 11.6 Å². The molecular weight excluding hydrogens is 372 g/mol. The number of amides is 2. The molecule has 1 heterocycles. The molecule has 2 aromatic rings. The molecule has 1 aliphatic heterocycles. The summed E-state index contributed by atoms with van der Waals surface area (Å²) in [6, 6.07) is 17.3. The van der Waals surface area contributed by atoms with Gasteiger partial charge in [0.05, 0.1) is 12.0 Å². The van der Waals surface area contributed by atoms with Gasteiger partial charge in [-0.15, -0.1) is 0 Å². The molecule has 146 valence electrons. The van der Waals surface area contributed by atoms with Crippen LogP contribution in [0.2, 0.25) is 5.02 Å². The summed E-state index contributed by atoms with van der Waals surface area (Å²) in [5.41, 5.74) is 1.97. The van der Waals surface area contributed by atoms with Crippen LogP contribution < -0.4 is 5.32 Å². The van der Waals surface area contributed by atoms with E-state index < -0.39 is 0 Å². The fourth-order valence-corrected chi connectivity index (χ4v) is 4.13. The molecule has 0 radical (unpaired) electrons. The van der Waals surface area contributed by atoms with E-state index in [0.717, 1.165) is 43.4 Å². The van der Waals surface area contributed by atoms with Crippen LogP contribution in [-0.4, -0.2) is 29.8 Å². The summed E-state index contributed by atoms with van der Waals surface area (Å²) in [6.07, 6.45) is 3.69. The predicted molar refractivity (Wildman–Crippen MR) is 110 cm³/mol. The minimum absolute atomic E-state index is 0.00197. The first kappa shape index (κ1) is 19.0. The summed E-state index contributed by atoms with van der Waals surface area (Å²) in [6.45, 7) is 1.30. The maximum atomic E-state index is 13.1. The van der Waals surface area contributed by atoms with Crippen LogP contribution in [0.3, 0.4) is 0 Å². The van der Waals surface area contributed by atoms with Gasteiger partial charge in [0.25, 0.3) is 0 Å². The highest BCUT2D eigenvalue weighted by atomic mass is 35.5. The molecular formula is C23H25ClN2O2. The summed E-state index contributed by atoms with van der Waals surface area (Å²) in [4.78, 5) is 27.4. The lowest BCUT2D eigenvalue weighted by Crippen LogP contribution is -2.46. The molecule has 2 amide bonds. The third-order valence-electron chi connectivity index (χ3n) is 5.63. The van der Waals surface area contributed by atoms with Gasteiger partial charge in [-0.1, -0.05) is 54.1 Å². The van der Waals surface area contributed by atoms with Gasteiger partial charge in [0.15, 0.2) is 0 Å². The van der Waals surface area contributed by atoms with Gasteiger partial charge in [-0.25, -0.2) is 0 Å². The van der Waals surface area contributed by atoms with E-state index in [2.05, 4.69) is 5.32 Å². The Bertz CT molecular complexity index is 851. The smallest absolute Gasteiger partial charge is 0.225 e. The second-order valence-corrected chi connectivity index (χ2v) is 8.24. The summed E-state index contributed by atoms with van der Waals surface area (Å²) < 4.78 is 0. The van der Waals surface area contributed by atoms with Crippen molar-refractivity contribution in [2.75, 3.05) is 13.1 Å². The fourth-order valence-electron chi connectivity index (χ4n) is 3.93. The molecule has 1 saturated heterocycles. The maximum absolute atomic E-state index is 13.1. The first-order valence-corrected chi connectivity index (χ1v) is 10.4. The first-order chi connectivity index (χ1) is 13.6. The number of hydrogen-bond donors (Lipinski definition) is 1. The molecule has 1 aliphatic carbocycles. The number of halogens is 1. The monoisotopic (exact) mass is 396 g/mol. The molecule has 4 nitrogen and oxygen atoms in total. The third-order valence-corrected chi connectivity index (χ3v) is 5.87. The van der Waals surface area contributed by atoms with Crippen molar-refractivity contribution in [2.45, 2.75) is 31.7 Å². The van der Waals surface area contributed by atoms with Crippen molar-refractivity contribution in [1.29, 1.82) is 0 Å². The van der Waals surface area contributed by atoms with Gasteiger partial charge in [-0.2, -0.15) is 0 Å². The zero-order valence-electron chi connectivity index (χ0n) is 15.8. The largest absolute Gasteiger partial charge is 0.345 e. The average molecular weight is 397 g/mol. The highest BCUT2D eigenvalue weighted by molar-refractivity contribution is 6.30. The average Bonchev–Trinajstić information content (AvgIpc) is 3.57. The molecule has 2 aliphatic rings. The highest BCUT2D eigenvalue weighted by Gasteiger charge is 2.37. The summed E-state index contributed by atoms with van der Waals surface area (Å²) in [5.74, 6) is 0.265. The number of carbonyl (C=O) groups excluding carboxylic acids is 2. The van der Waals surface area contributed by atoms with Gasteiger partial charge in [0.1, 0.15) is 0 Å². The normalized spacial score (nSPS) is 20.5. The Morgan fingerprint density at radius 2 is 1.71 bits per heavy atom. The van der Waals surface area contributed by atoms with Gasteiger partial charge in [0.2, 0.25) is 11.8 Å². The number of benzene rings is 2. The molecule has 0 bridgehead atoms. The Kier molecular flexibility index (Phi) is 5.67. The standard InChI is InChI=1S/C23H25ClN2O2/c24-20-10-4-8-18(14-20)21(16-6-2-1-3-7-16)25-22(27)19-9-5-13-26(15-19)23(28)17-11-12-17/h1-4,6-8,10,14,17,19,21H,5,9,11-13,15H2,(H,25,27). The topological polar surface area (TPSA) is 49.4 Å². The highest BCUT2D eigenvalue weighted by Crippen LogP contribution is 2.33. The molecule has 1 saturated carbocycles. The van der Waals surface area contributed by atoms with Crippen LogP contribution in [0.1, 0.15) is 42.9 Å². The summed E-state index contributed by atoms with van der Waals surface area (Å²) in [5, 5.41) is 3.86. The van der Waals surface area contributed by atoms with E-state index in [9.17, 15) is 9.59 Å². The molecule has 2 aromatic carbocycles. The van der Waals surface area contributed by atoms with E-state index in [1.807, 2.05) is 59.5 Å². The van der Waals surface area contributed by atoms with Crippen molar-refractivity contribution >= 4 is 23.4 Å². The molecule has 5 heteroatoms. The van der Waals surface area contributed by atoms with Crippen LogP contribution in [0.4, 0.5) is 0 Å². The number of hydrogen-bond acceptors (Lipinski definition) is 2. The molecule has 4 rings (SSSR count). The van der Waals surface area contributed by atoms with Crippen molar-refractivity contribution in [2.24, 2.45) is 11.8 Å². The number of likely N-dealkylation sites (tertiary alicyclic amines) is 1. The number of nitrogens with zero attached hydrogens (tertiary/aromatic N) is 1. The van der Waals surface area contributed by atoms with Crippen molar-refractivity contribution in [3.05, 3.63) is 70.7 Å². The molecule has 2 unspecified atom stereocenters. The molecule has 1 N–H and O–H groups in total. The van der Waals surface area contributed by atoms with Gasteiger partial charge < -0.3 is 10.2 Å². The molecule has 0 aromatic heterocycles. The Hall–Kier alpha value is -2.33. The van der Waals surface area contributed by atoms with Crippen LogP contribution in [0.15, 0.2) is 54.6 Å². The van der Waals surface area contributed by atoms with Crippen molar-refractivity contribution in [3.8, 4) is 0 Å². The van der Waals surface area contributed by atoms with E-state index >= 15 is 0 Å². The van der Waals surface area contributed by atoms with Crippen LogP contribution in [0, 0.1) is 11.8 Å². The second-order valence-electron chi connectivity index (χ2n) is 7.80. The lowest BCUT2D eigenvalue weighted by atomic mass is 9.94. The Morgan fingerprint density at radius 3 is 2.43 bits per heavy atom. The van der Waals surface area contributed by atoms with E-state index in [-0.39, 0.29) is 29.7 Å². The molecule has 28 heavy (non-hydrogen) atoms. The predicted octanol–water partition coefficient (Wildman–Crippen LogP) is 4.19. The number of rotatable bonds is 5. The molecule has 2 fully saturated rings. The second kappa shape index (κ2) is 8.36. The maximum Gasteiger partial charge on any atom is 0.225 e. The summed E-state index contributed by atoms with van der Waals surface area (Å²) >= 11 is 6.19. The quantitative estimate of drug-likeness (QED) is 0.823. The van der Waals surface area contributed by atoms with Crippen molar-refractivity contribution in [3.63, 3.8) is 0 Å². The van der Waals surface area contributed by atoms with E-state index in [1.165, 1.54) is 0 Å². The van der Waals surface area contributed by atoms with Crippen LogP contribution in [-0.2, 0) is 9.59 Å².